The highest BCUT2D eigenvalue weighted by atomic mass is 35.5. The number of rotatable bonds is 8. The minimum Gasteiger partial charge on any atom is -0.490 e. The van der Waals surface area contributed by atoms with Crippen LogP contribution in [0.15, 0.2) is 52.1 Å². The molecule has 0 atom stereocenters. The molecule has 0 saturated carbocycles. The number of benzene rings is 2. The molecule has 0 unspecified atom stereocenters. The lowest BCUT2D eigenvalue weighted by Crippen LogP contribution is -2.03. The van der Waals surface area contributed by atoms with Crippen molar-refractivity contribution in [3.63, 3.8) is 0 Å². The van der Waals surface area contributed by atoms with Crippen molar-refractivity contribution in [3.8, 4) is 11.5 Å². The van der Waals surface area contributed by atoms with Crippen molar-refractivity contribution in [3.05, 3.63) is 68.1 Å². The van der Waals surface area contributed by atoms with E-state index in [9.17, 15) is 0 Å². The highest BCUT2D eigenvalue weighted by Gasteiger charge is 2.11. The van der Waals surface area contributed by atoms with Crippen LogP contribution < -0.4 is 9.47 Å². The molecule has 0 fully saturated rings. The van der Waals surface area contributed by atoms with E-state index in [0.717, 1.165) is 11.1 Å². The Morgan fingerprint density at radius 3 is 2.26 bits per heavy atom. The number of hydrogen-bond acceptors (Lipinski definition) is 4. The first-order valence-electron chi connectivity index (χ1n) is 7.94. The zero-order chi connectivity index (χ0) is 19.8. The maximum atomic E-state index is 8.79. The molecule has 0 radical (unpaired) electrons. The van der Waals surface area contributed by atoms with Crippen LogP contribution in [0.2, 0.25) is 10.0 Å². The molecule has 0 aliphatic rings. The largest absolute Gasteiger partial charge is 0.490 e. The molecular weight excluding hydrogens is 432 g/mol. The fourth-order valence-electron chi connectivity index (χ4n) is 2.20. The first-order valence-corrected chi connectivity index (χ1v) is 9.45. The van der Waals surface area contributed by atoms with E-state index in [1.54, 1.807) is 19.1 Å². The van der Waals surface area contributed by atoms with Gasteiger partial charge in [0.15, 0.2) is 5.75 Å². The molecule has 0 aromatic heterocycles. The monoisotopic (exact) mass is 447 g/mol. The third kappa shape index (κ3) is 6.82. The summed E-state index contributed by atoms with van der Waals surface area (Å²) in [5.74, 6) is 0.885. The van der Waals surface area contributed by atoms with Gasteiger partial charge in [0.05, 0.1) is 22.4 Å². The second-order valence-electron chi connectivity index (χ2n) is 5.50. The average Bonchev–Trinajstić information content (AvgIpc) is 2.63. The van der Waals surface area contributed by atoms with E-state index in [-0.39, 0.29) is 11.1 Å². The second-order valence-corrected chi connectivity index (χ2v) is 7.32. The van der Waals surface area contributed by atoms with E-state index in [1.807, 2.05) is 24.3 Å². The Labute approximate surface area is 177 Å². The van der Waals surface area contributed by atoms with E-state index in [0.29, 0.717) is 40.3 Å². The number of nitrogens with zero attached hydrogens (tertiary/aromatic N) is 1. The standard InChI is InChI=1S/C19H17Cl4NO3/c1-12(24-25)14-4-2-13(3-5-14)6-8-27-19-16(20)10-15(11-17(19)21)26-9-7-18(22)23/h2-5,7,10-11,25H,6,8-9H2,1H3. The van der Waals surface area contributed by atoms with E-state index >= 15 is 0 Å². The Hall–Kier alpha value is -1.59. The van der Waals surface area contributed by atoms with Gasteiger partial charge in [-0.15, -0.1) is 0 Å². The molecular formula is C19H17Cl4NO3. The summed E-state index contributed by atoms with van der Waals surface area (Å²) in [6.45, 7) is 2.33. The molecule has 2 rings (SSSR count). The molecule has 144 valence electrons. The van der Waals surface area contributed by atoms with E-state index in [2.05, 4.69) is 5.16 Å². The van der Waals surface area contributed by atoms with Crippen molar-refractivity contribution in [2.45, 2.75) is 13.3 Å². The molecule has 8 heteroatoms. The highest BCUT2D eigenvalue weighted by Crippen LogP contribution is 2.37. The van der Waals surface area contributed by atoms with Gasteiger partial charge in [-0.3, -0.25) is 0 Å². The molecule has 0 saturated heterocycles. The predicted octanol–water partition coefficient (Wildman–Crippen LogP) is 6.51. The molecule has 0 aliphatic heterocycles. The van der Waals surface area contributed by atoms with Crippen molar-refractivity contribution >= 4 is 52.1 Å². The lowest BCUT2D eigenvalue weighted by molar-refractivity contribution is 0.319. The van der Waals surface area contributed by atoms with Crippen LogP contribution in [0.3, 0.4) is 0 Å². The average molecular weight is 449 g/mol. The third-order valence-electron chi connectivity index (χ3n) is 3.62. The van der Waals surface area contributed by atoms with E-state index in [1.165, 1.54) is 6.08 Å². The summed E-state index contributed by atoms with van der Waals surface area (Å²) in [6.07, 6.45) is 2.17. The van der Waals surface area contributed by atoms with E-state index in [4.69, 9.17) is 61.1 Å². The van der Waals surface area contributed by atoms with Crippen molar-refractivity contribution in [2.75, 3.05) is 13.2 Å². The van der Waals surface area contributed by atoms with Gasteiger partial charge in [-0.05, 0) is 24.1 Å². The highest BCUT2D eigenvalue weighted by molar-refractivity contribution is 6.55. The van der Waals surface area contributed by atoms with Crippen LogP contribution in [0, 0.1) is 0 Å². The maximum absolute atomic E-state index is 8.79. The van der Waals surface area contributed by atoms with Crippen LogP contribution in [0.5, 0.6) is 11.5 Å². The van der Waals surface area contributed by atoms with Crippen LogP contribution >= 0.6 is 46.4 Å². The lowest BCUT2D eigenvalue weighted by Gasteiger charge is -2.12. The zero-order valence-corrected chi connectivity index (χ0v) is 17.4. The molecule has 0 amide bonds. The first-order chi connectivity index (χ1) is 12.9. The quantitative estimate of drug-likeness (QED) is 0.284. The SMILES string of the molecule is CC(=NO)c1ccc(CCOc2c(Cl)cc(OCC=C(Cl)Cl)cc2Cl)cc1. The summed E-state index contributed by atoms with van der Waals surface area (Å²) < 4.78 is 11.3. The smallest absolute Gasteiger partial charge is 0.156 e. The van der Waals surface area contributed by atoms with Gasteiger partial charge in [0.25, 0.3) is 0 Å². The molecule has 0 bridgehead atoms. The molecule has 1 N–H and O–H groups in total. The normalized spacial score (nSPS) is 11.2. The summed E-state index contributed by atoms with van der Waals surface area (Å²) in [5, 5.41) is 12.7. The molecule has 4 nitrogen and oxygen atoms in total. The van der Waals surface area contributed by atoms with Crippen LogP contribution in [-0.4, -0.2) is 24.1 Å². The molecule has 27 heavy (non-hydrogen) atoms. The van der Waals surface area contributed by atoms with Gasteiger partial charge in [-0.25, -0.2) is 0 Å². The Kier molecular flexibility index (Phi) is 8.58. The Morgan fingerprint density at radius 2 is 1.70 bits per heavy atom. The summed E-state index contributed by atoms with van der Waals surface area (Å²) >= 11 is 23.5. The van der Waals surface area contributed by atoms with Gasteiger partial charge in [0, 0.05) is 18.6 Å². The lowest BCUT2D eigenvalue weighted by atomic mass is 10.1. The van der Waals surface area contributed by atoms with Crippen molar-refractivity contribution in [1.82, 2.24) is 0 Å². The Morgan fingerprint density at radius 1 is 1.07 bits per heavy atom. The summed E-state index contributed by atoms with van der Waals surface area (Å²) in [5.41, 5.74) is 2.48. The van der Waals surface area contributed by atoms with Crippen LogP contribution in [-0.2, 0) is 6.42 Å². The number of oxime groups is 1. The van der Waals surface area contributed by atoms with Crippen molar-refractivity contribution < 1.29 is 14.7 Å². The fraction of sp³-hybridized carbons (Fsp3) is 0.211. The minimum absolute atomic E-state index is 0.124. The van der Waals surface area contributed by atoms with Gasteiger partial charge in [-0.1, -0.05) is 75.8 Å². The van der Waals surface area contributed by atoms with E-state index < -0.39 is 0 Å². The third-order valence-corrected chi connectivity index (χ3v) is 4.49. The molecule has 2 aromatic carbocycles. The van der Waals surface area contributed by atoms with Gasteiger partial charge in [0.2, 0.25) is 0 Å². The minimum atomic E-state index is 0.124. The van der Waals surface area contributed by atoms with Gasteiger partial charge < -0.3 is 14.7 Å². The maximum Gasteiger partial charge on any atom is 0.156 e. The number of hydrogen-bond donors (Lipinski definition) is 1. The van der Waals surface area contributed by atoms with Crippen LogP contribution in [0.25, 0.3) is 0 Å². The van der Waals surface area contributed by atoms with Crippen LogP contribution in [0.1, 0.15) is 18.1 Å². The van der Waals surface area contributed by atoms with Gasteiger partial charge >= 0.3 is 0 Å². The van der Waals surface area contributed by atoms with Gasteiger partial charge in [0.1, 0.15) is 16.8 Å². The van der Waals surface area contributed by atoms with Crippen molar-refractivity contribution in [2.24, 2.45) is 5.16 Å². The number of halogens is 4. The topological polar surface area (TPSA) is 51.1 Å². The van der Waals surface area contributed by atoms with Crippen molar-refractivity contribution in [1.29, 1.82) is 0 Å². The fourth-order valence-corrected chi connectivity index (χ4v) is 2.90. The second kappa shape index (κ2) is 10.7. The Bertz CT molecular complexity index is 808. The van der Waals surface area contributed by atoms with Crippen LogP contribution in [0.4, 0.5) is 0 Å². The molecule has 0 aliphatic carbocycles. The summed E-state index contributed by atoms with van der Waals surface area (Å²) in [7, 11) is 0. The Balaban J connectivity index is 1.94. The summed E-state index contributed by atoms with van der Waals surface area (Å²) in [4.78, 5) is 0. The van der Waals surface area contributed by atoms with Gasteiger partial charge in [-0.2, -0.15) is 0 Å². The molecule has 2 aromatic rings. The predicted molar refractivity (Wildman–Crippen MR) is 111 cm³/mol. The zero-order valence-electron chi connectivity index (χ0n) is 14.4. The summed E-state index contributed by atoms with van der Waals surface area (Å²) in [6, 6.07) is 10.9. The molecule has 0 heterocycles. The first kappa shape index (κ1) is 21.7. The molecule has 0 spiro atoms. The number of ether oxygens (including phenoxy) is 2.